The summed E-state index contributed by atoms with van der Waals surface area (Å²) in [7, 11) is 1.17. The Kier molecular flexibility index (Phi) is 9.89. The first kappa shape index (κ1) is 26.2. The Balaban J connectivity index is 3.19. The topological polar surface area (TPSA) is 138 Å². The largest absolute Gasteiger partial charge is 0.468 e. The molecule has 0 saturated carbocycles. The van der Waals surface area contributed by atoms with E-state index in [4.69, 9.17) is 4.74 Å². The fourth-order valence-electron chi connectivity index (χ4n) is 2.62. The normalized spacial score (nSPS) is 11.3. The van der Waals surface area contributed by atoms with Crippen LogP contribution in [0.5, 0.6) is 0 Å². The molecule has 3 amide bonds. The number of hydrogen-bond donors (Lipinski definition) is 2. The molecule has 0 radical (unpaired) electrons. The lowest BCUT2D eigenvalue weighted by Crippen LogP contribution is -2.48. The third-order valence-corrected chi connectivity index (χ3v) is 4.00. The molecule has 0 aliphatic rings. The number of hydrogen-bond acceptors (Lipinski definition) is 7. The molecule has 0 fully saturated rings. The van der Waals surface area contributed by atoms with Gasteiger partial charge in [-0.2, -0.15) is 5.26 Å². The van der Waals surface area contributed by atoms with E-state index in [1.165, 1.54) is 7.11 Å². The van der Waals surface area contributed by atoms with E-state index in [1.807, 2.05) is 6.07 Å². The highest BCUT2D eigenvalue weighted by molar-refractivity contribution is 5.92. The molecule has 0 spiro atoms. The van der Waals surface area contributed by atoms with Crippen LogP contribution in [0.15, 0.2) is 30.8 Å². The van der Waals surface area contributed by atoms with Gasteiger partial charge in [0.15, 0.2) is 0 Å². The number of carbonyl (C=O) groups excluding carboxylic acids is 4. The second kappa shape index (κ2) is 12.1. The van der Waals surface area contributed by atoms with Crippen molar-refractivity contribution in [3.8, 4) is 6.07 Å². The number of carbonyl (C=O) groups is 4. The van der Waals surface area contributed by atoms with Crippen molar-refractivity contribution in [3.05, 3.63) is 42.0 Å². The molecule has 32 heavy (non-hydrogen) atoms. The first-order chi connectivity index (χ1) is 15.0. The monoisotopic (exact) mass is 444 g/mol. The smallest absolute Gasteiger partial charge is 0.408 e. The Morgan fingerprint density at radius 2 is 1.91 bits per heavy atom. The maximum Gasteiger partial charge on any atom is 0.408 e. The molecule has 0 aliphatic heterocycles. The van der Waals surface area contributed by atoms with Gasteiger partial charge < -0.3 is 25.0 Å². The third kappa shape index (κ3) is 8.47. The van der Waals surface area contributed by atoms with Gasteiger partial charge in [0.25, 0.3) is 0 Å². The first-order valence-corrected chi connectivity index (χ1v) is 9.72. The highest BCUT2D eigenvalue weighted by Gasteiger charge is 2.32. The van der Waals surface area contributed by atoms with Crippen molar-refractivity contribution in [1.82, 2.24) is 15.5 Å². The molecule has 10 nitrogen and oxygen atoms in total. The minimum Gasteiger partial charge on any atom is -0.468 e. The molecule has 0 saturated heterocycles. The molecule has 1 rings (SSSR count). The molecular weight excluding hydrogens is 416 g/mol. The van der Waals surface area contributed by atoms with Crippen LogP contribution in [0.1, 0.15) is 37.9 Å². The van der Waals surface area contributed by atoms with Crippen molar-refractivity contribution >= 4 is 30.0 Å². The predicted octanol–water partition coefficient (Wildman–Crippen LogP) is 1.54. The Bertz CT molecular complexity index is 900. The van der Waals surface area contributed by atoms with Gasteiger partial charge in [0, 0.05) is 0 Å². The molecule has 1 aromatic carbocycles. The minimum atomic E-state index is -1.24. The number of nitrogens with one attached hydrogen (secondary N) is 2. The van der Waals surface area contributed by atoms with E-state index in [9.17, 15) is 24.4 Å². The van der Waals surface area contributed by atoms with Gasteiger partial charge in [-0.1, -0.05) is 30.9 Å². The molecule has 2 N–H and O–H groups in total. The Morgan fingerprint density at radius 3 is 2.47 bits per heavy atom. The first-order valence-electron chi connectivity index (χ1n) is 9.72. The van der Waals surface area contributed by atoms with Crippen LogP contribution in [-0.4, -0.2) is 61.1 Å². The zero-order valence-electron chi connectivity index (χ0n) is 18.6. The number of esters is 1. The lowest BCUT2D eigenvalue weighted by molar-refractivity contribution is -0.143. The summed E-state index contributed by atoms with van der Waals surface area (Å²) in [4.78, 5) is 50.2. The van der Waals surface area contributed by atoms with Crippen LogP contribution in [0, 0.1) is 11.3 Å². The maximum absolute atomic E-state index is 13.0. The minimum absolute atomic E-state index is 0.394. The molecule has 172 valence electrons. The van der Waals surface area contributed by atoms with Gasteiger partial charge in [-0.25, -0.2) is 4.79 Å². The molecule has 0 heterocycles. The average molecular weight is 444 g/mol. The Hall–Kier alpha value is -3.87. The van der Waals surface area contributed by atoms with E-state index in [0.717, 1.165) is 4.90 Å². The summed E-state index contributed by atoms with van der Waals surface area (Å²) in [5.41, 5.74) is 0.316. The fraction of sp³-hybridized carbons (Fsp3) is 0.409. The molecule has 0 aliphatic carbocycles. The number of nitrogens with zero attached hydrogens (tertiary/aromatic N) is 2. The molecule has 1 atom stereocenters. The van der Waals surface area contributed by atoms with Crippen molar-refractivity contribution < 1.29 is 28.7 Å². The molecule has 1 unspecified atom stereocenters. The second-order valence-corrected chi connectivity index (χ2v) is 7.61. The van der Waals surface area contributed by atoms with Gasteiger partial charge in [-0.3, -0.25) is 14.4 Å². The molecular formula is C22H28N4O6. The van der Waals surface area contributed by atoms with Crippen LogP contribution in [-0.2, 0) is 23.9 Å². The van der Waals surface area contributed by atoms with Gasteiger partial charge >= 0.3 is 12.1 Å². The molecule has 0 aromatic heterocycles. The number of methoxy groups -OCH3 is 1. The van der Waals surface area contributed by atoms with E-state index < -0.39 is 55.2 Å². The van der Waals surface area contributed by atoms with Gasteiger partial charge in [0.1, 0.15) is 31.3 Å². The van der Waals surface area contributed by atoms with Crippen LogP contribution in [0.2, 0.25) is 0 Å². The summed E-state index contributed by atoms with van der Waals surface area (Å²) in [6.45, 7) is 7.34. The standard InChI is InChI=1S/C22H28N4O6/c1-6-15-8-7-9-16(12-15)19(20(29)24-14-18(28)31-5)26(11-10-23)17(27)13-25-21(30)32-22(2,3)4/h6-9,12,19H,1,11,13-14H2,2-5H3,(H,24,29)(H,25,30). The highest BCUT2D eigenvalue weighted by atomic mass is 16.6. The van der Waals surface area contributed by atoms with E-state index in [-0.39, 0.29) is 0 Å². The van der Waals surface area contributed by atoms with E-state index >= 15 is 0 Å². The third-order valence-electron chi connectivity index (χ3n) is 4.00. The Labute approximate surface area is 187 Å². The summed E-state index contributed by atoms with van der Waals surface area (Å²) in [5.74, 6) is -2.07. The van der Waals surface area contributed by atoms with Gasteiger partial charge in [-0.15, -0.1) is 0 Å². The van der Waals surface area contributed by atoms with Crippen molar-refractivity contribution in [1.29, 1.82) is 5.26 Å². The van der Waals surface area contributed by atoms with Crippen molar-refractivity contribution in [3.63, 3.8) is 0 Å². The molecule has 0 bridgehead atoms. The number of nitriles is 1. The van der Waals surface area contributed by atoms with Crippen LogP contribution in [0.4, 0.5) is 4.79 Å². The van der Waals surface area contributed by atoms with Crippen molar-refractivity contribution in [2.24, 2.45) is 0 Å². The maximum atomic E-state index is 13.0. The number of alkyl carbamates (subject to hydrolysis) is 1. The van der Waals surface area contributed by atoms with Crippen LogP contribution in [0.3, 0.4) is 0 Å². The van der Waals surface area contributed by atoms with Crippen LogP contribution in [0.25, 0.3) is 6.08 Å². The number of rotatable bonds is 9. The highest BCUT2D eigenvalue weighted by Crippen LogP contribution is 2.23. The summed E-state index contributed by atoms with van der Waals surface area (Å²) < 4.78 is 9.62. The lowest BCUT2D eigenvalue weighted by Gasteiger charge is -2.29. The van der Waals surface area contributed by atoms with Gasteiger partial charge in [0.2, 0.25) is 11.8 Å². The van der Waals surface area contributed by atoms with Gasteiger partial charge in [-0.05, 0) is 38.0 Å². The quantitative estimate of drug-likeness (QED) is 0.435. The number of amides is 3. The average Bonchev–Trinajstić information content (AvgIpc) is 2.74. The number of ether oxygens (including phenoxy) is 2. The van der Waals surface area contributed by atoms with E-state index in [0.29, 0.717) is 11.1 Å². The van der Waals surface area contributed by atoms with Crippen molar-refractivity contribution in [2.75, 3.05) is 26.7 Å². The summed E-state index contributed by atoms with van der Waals surface area (Å²) in [6, 6.07) is 7.27. The van der Waals surface area contributed by atoms with E-state index in [2.05, 4.69) is 21.9 Å². The van der Waals surface area contributed by atoms with Crippen LogP contribution < -0.4 is 10.6 Å². The predicted molar refractivity (Wildman–Crippen MR) is 116 cm³/mol. The summed E-state index contributed by atoms with van der Waals surface area (Å²) in [5, 5.41) is 14.0. The zero-order valence-corrected chi connectivity index (χ0v) is 18.6. The molecule has 1 aromatic rings. The summed E-state index contributed by atoms with van der Waals surface area (Å²) >= 11 is 0. The van der Waals surface area contributed by atoms with Crippen molar-refractivity contribution in [2.45, 2.75) is 32.4 Å². The number of benzene rings is 1. The lowest BCUT2D eigenvalue weighted by atomic mass is 10.0. The Morgan fingerprint density at radius 1 is 1.22 bits per heavy atom. The summed E-state index contributed by atoms with van der Waals surface area (Å²) in [6.07, 6.45) is 0.746. The zero-order chi connectivity index (χ0) is 24.3. The SMILES string of the molecule is C=Cc1cccc(C(C(=O)NCC(=O)OC)N(CC#N)C(=O)CNC(=O)OC(C)(C)C)c1. The van der Waals surface area contributed by atoms with E-state index in [1.54, 1.807) is 51.1 Å². The second-order valence-electron chi connectivity index (χ2n) is 7.61. The fourth-order valence-corrected chi connectivity index (χ4v) is 2.62. The molecule has 10 heteroatoms. The van der Waals surface area contributed by atoms with Crippen LogP contribution >= 0.6 is 0 Å². The van der Waals surface area contributed by atoms with Gasteiger partial charge in [0.05, 0.1) is 13.2 Å².